The van der Waals surface area contributed by atoms with E-state index in [1.807, 2.05) is 19.2 Å². The number of aryl methyl sites for hydroxylation is 2. The molecule has 25 heavy (non-hydrogen) atoms. The van der Waals surface area contributed by atoms with Gasteiger partial charge >= 0.3 is 18.0 Å². The fourth-order valence-electron chi connectivity index (χ4n) is 2.05. The van der Waals surface area contributed by atoms with Crippen LogP contribution in [0.2, 0.25) is 5.02 Å². The molecule has 0 fully saturated rings. The standard InChI is InChI=1S/C17H14ClF3N2O2/c1-9-3-5-12(7-10(9)2)22-15(24)16(25)23-14-6-4-11(18)8-13(14)17(19,20)21/h3-8H,1-2H3,(H,22,24)(H,23,25). The van der Waals surface area contributed by atoms with E-state index < -0.39 is 29.2 Å². The predicted molar refractivity (Wildman–Crippen MR) is 89.6 cm³/mol. The van der Waals surface area contributed by atoms with Crippen LogP contribution < -0.4 is 10.6 Å². The summed E-state index contributed by atoms with van der Waals surface area (Å²) in [6.45, 7) is 3.71. The Morgan fingerprint density at radius 2 is 1.56 bits per heavy atom. The first-order valence-electron chi connectivity index (χ1n) is 7.14. The van der Waals surface area contributed by atoms with E-state index in [1.165, 1.54) is 6.07 Å². The van der Waals surface area contributed by atoms with Gasteiger partial charge < -0.3 is 10.6 Å². The molecule has 8 heteroatoms. The van der Waals surface area contributed by atoms with Crippen molar-refractivity contribution in [2.75, 3.05) is 10.6 Å². The summed E-state index contributed by atoms with van der Waals surface area (Å²) in [5.74, 6) is -2.29. The van der Waals surface area contributed by atoms with Crippen molar-refractivity contribution >= 4 is 34.8 Å². The maximum Gasteiger partial charge on any atom is 0.418 e. The summed E-state index contributed by atoms with van der Waals surface area (Å²) in [4.78, 5) is 23.8. The molecule has 0 saturated heterocycles. The highest BCUT2D eigenvalue weighted by Gasteiger charge is 2.34. The maximum absolute atomic E-state index is 13.0. The predicted octanol–water partition coefficient (Wildman–Crippen LogP) is 4.55. The number of halogens is 4. The zero-order valence-corrected chi connectivity index (χ0v) is 14.0. The van der Waals surface area contributed by atoms with Crippen LogP contribution in [-0.2, 0) is 15.8 Å². The third-order valence-electron chi connectivity index (χ3n) is 3.51. The molecule has 0 aliphatic rings. The second-order valence-electron chi connectivity index (χ2n) is 5.39. The van der Waals surface area contributed by atoms with Crippen LogP contribution in [0.15, 0.2) is 36.4 Å². The van der Waals surface area contributed by atoms with Crippen molar-refractivity contribution < 1.29 is 22.8 Å². The second-order valence-corrected chi connectivity index (χ2v) is 5.83. The van der Waals surface area contributed by atoms with Gasteiger partial charge in [0.2, 0.25) is 0 Å². The van der Waals surface area contributed by atoms with E-state index in [-0.39, 0.29) is 5.02 Å². The molecule has 0 aromatic heterocycles. The van der Waals surface area contributed by atoms with E-state index in [0.717, 1.165) is 17.2 Å². The van der Waals surface area contributed by atoms with Gasteiger partial charge in [-0.1, -0.05) is 17.7 Å². The molecule has 132 valence electrons. The lowest BCUT2D eigenvalue weighted by molar-refractivity contribution is -0.137. The normalized spacial score (nSPS) is 11.1. The van der Waals surface area contributed by atoms with Crippen LogP contribution in [0.4, 0.5) is 24.5 Å². The highest BCUT2D eigenvalue weighted by atomic mass is 35.5. The molecule has 2 rings (SSSR count). The molecule has 4 nitrogen and oxygen atoms in total. The molecule has 2 amide bonds. The number of carbonyl (C=O) groups is 2. The Bertz CT molecular complexity index is 835. The molecule has 2 aromatic carbocycles. The lowest BCUT2D eigenvalue weighted by Gasteiger charge is -2.14. The van der Waals surface area contributed by atoms with Crippen LogP contribution in [0.5, 0.6) is 0 Å². The summed E-state index contributed by atoms with van der Waals surface area (Å²) in [7, 11) is 0. The Morgan fingerprint density at radius 3 is 2.16 bits per heavy atom. The SMILES string of the molecule is Cc1ccc(NC(=O)C(=O)Nc2ccc(Cl)cc2C(F)(F)F)cc1C. The number of hydrogen-bond acceptors (Lipinski definition) is 2. The van der Waals surface area contributed by atoms with Crippen LogP contribution in [0.1, 0.15) is 16.7 Å². The largest absolute Gasteiger partial charge is 0.418 e. The molecule has 0 radical (unpaired) electrons. The molecule has 0 spiro atoms. The van der Waals surface area contributed by atoms with Gasteiger partial charge in [0.25, 0.3) is 0 Å². The van der Waals surface area contributed by atoms with Crippen molar-refractivity contribution in [2.24, 2.45) is 0 Å². The smallest absolute Gasteiger partial charge is 0.318 e. The van der Waals surface area contributed by atoms with Crippen molar-refractivity contribution in [2.45, 2.75) is 20.0 Å². The number of carbonyl (C=O) groups excluding carboxylic acids is 2. The van der Waals surface area contributed by atoms with Crippen LogP contribution >= 0.6 is 11.6 Å². The Balaban J connectivity index is 2.16. The third-order valence-corrected chi connectivity index (χ3v) is 3.74. The summed E-state index contributed by atoms with van der Waals surface area (Å²) in [6, 6.07) is 7.86. The van der Waals surface area contributed by atoms with Crippen molar-refractivity contribution in [1.29, 1.82) is 0 Å². The van der Waals surface area contributed by atoms with Crippen LogP contribution in [0.25, 0.3) is 0 Å². The highest BCUT2D eigenvalue weighted by molar-refractivity contribution is 6.43. The molecule has 0 bridgehead atoms. The average molecular weight is 371 g/mol. The third kappa shape index (κ3) is 4.73. The number of rotatable bonds is 2. The minimum Gasteiger partial charge on any atom is -0.318 e. The number of nitrogens with one attached hydrogen (secondary N) is 2. The van der Waals surface area contributed by atoms with E-state index >= 15 is 0 Å². The number of benzene rings is 2. The molecule has 0 atom stereocenters. The molecule has 2 N–H and O–H groups in total. The monoisotopic (exact) mass is 370 g/mol. The van der Waals surface area contributed by atoms with Gasteiger partial charge in [-0.3, -0.25) is 9.59 Å². The molecule has 0 unspecified atom stereocenters. The minimum absolute atomic E-state index is 0.134. The maximum atomic E-state index is 13.0. The molecule has 0 heterocycles. The summed E-state index contributed by atoms with van der Waals surface area (Å²) >= 11 is 5.56. The zero-order valence-electron chi connectivity index (χ0n) is 13.3. The van der Waals surface area contributed by atoms with Gasteiger partial charge in [0.05, 0.1) is 11.3 Å². The fraction of sp³-hybridized carbons (Fsp3) is 0.176. The van der Waals surface area contributed by atoms with E-state index in [0.29, 0.717) is 11.8 Å². The second kappa shape index (κ2) is 7.14. The number of hydrogen-bond donors (Lipinski definition) is 2. The van der Waals surface area contributed by atoms with E-state index in [4.69, 9.17) is 11.6 Å². The van der Waals surface area contributed by atoms with E-state index in [2.05, 4.69) is 5.32 Å². The number of anilines is 2. The van der Waals surface area contributed by atoms with Crippen molar-refractivity contribution in [3.05, 3.63) is 58.1 Å². The Kier molecular flexibility index (Phi) is 5.37. The zero-order chi connectivity index (χ0) is 18.8. The van der Waals surface area contributed by atoms with Gasteiger partial charge in [-0.25, -0.2) is 0 Å². The molecular weight excluding hydrogens is 357 g/mol. The summed E-state index contributed by atoms with van der Waals surface area (Å²) in [6.07, 6.45) is -4.72. The first kappa shape index (κ1) is 18.8. The summed E-state index contributed by atoms with van der Waals surface area (Å²) < 4.78 is 39.0. The Morgan fingerprint density at radius 1 is 0.920 bits per heavy atom. The topological polar surface area (TPSA) is 58.2 Å². The van der Waals surface area contributed by atoms with Gasteiger partial charge in [0.15, 0.2) is 0 Å². The number of amides is 2. The molecule has 0 saturated carbocycles. The lowest BCUT2D eigenvalue weighted by Crippen LogP contribution is -2.30. The Labute approximate surface area is 147 Å². The van der Waals surface area contributed by atoms with Gasteiger partial charge in [-0.05, 0) is 55.3 Å². The van der Waals surface area contributed by atoms with E-state index in [9.17, 15) is 22.8 Å². The molecular formula is C17H14ClF3N2O2. The molecule has 0 aliphatic carbocycles. The van der Waals surface area contributed by atoms with Gasteiger partial charge in [-0.2, -0.15) is 13.2 Å². The van der Waals surface area contributed by atoms with Crippen molar-refractivity contribution in [3.63, 3.8) is 0 Å². The quantitative estimate of drug-likeness (QED) is 0.762. The average Bonchev–Trinajstić information content (AvgIpc) is 2.51. The van der Waals surface area contributed by atoms with Gasteiger partial charge in [-0.15, -0.1) is 0 Å². The van der Waals surface area contributed by atoms with Crippen molar-refractivity contribution in [3.8, 4) is 0 Å². The van der Waals surface area contributed by atoms with E-state index in [1.54, 1.807) is 18.2 Å². The van der Waals surface area contributed by atoms with Gasteiger partial charge in [0.1, 0.15) is 0 Å². The van der Waals surface area contributed by atoms with Crippen LogP contribution in [0.3, 0.4) is 0 Å². The summed E-state index contributed by atoms with van der Waals surface area (Å²) in [5.41, 5.74) is 0.591. The van der Waals surface area contributed by atoms with Gasteiger partial charge in [0, 0.05) is 10.7 Å². The molecule has 2 aromatic rings. The minimum atomic E-state index is -4.72. The van der Waals surface area contributed by atoms with Crippen LogP contribution in [-0.4, -0.2) is 11.8 Å². The first-order chi connectivity index (χ1) is 11.6. The summed E-state index contributed by atoms with van der Waals surface area (Å²) in [5, 5.41) is 4.17. The Hall–Kier alpha value is -2.54. The highest BCUT2D eigenvalue weighted by Crippen LogP contribution is 2.36. The fourth-order valence-corrected chi connectivity index (χ4v) is 2.22. The van der Waals surface area contributed by atoms with Crippen molar-refractivity contribution in [1.82, 2.24) is 0 Å². The molecule has 0 aliphatic heterocycles. The number of alkyl halides is 3. The first-order valence-corrected chi connectivity index (χ1v) is 7.52. The lowest BCUT2D eigenvalue weighted by atomic mass is 10.1. The van der Waals surface area contributed by atoms with Crippen LogP contribution in [0, 0.1) is 13.8 Å².